The summed E-state index contributed by atoms with van der Waals surface area (Å²) in [4.78, 5) is 24.1. The lowest BCUT2D eigenvalue weighted by Crippen LogP contribution is -2.37. The van der Waals surface area contributed by atoms with E-state index in [9.17, 15) is 9.59 Å². The van der Waals surface area contributed by atoms with E-state index in [-0.39, 0.29) is 19.9 Å². The zero-order chi connectivity index (χ0) is 25.5. The molecule has 1 aliphatic heterocycles. The molecule has 0 aliphatic carbocycles. The second-order valence-electron chi connectivity index (χ2n) is 7.47. The predicted molar refractivity (Wildman–Crippen MR) is 134 cm³/mol. The molecule has 3 aromatic rings. The van der Waals surface area contributed by atoms with Crippen molar-refractivity contribution in [3.63, 3.8) is 0 Å². The highest BCUT2D eigenvalue weighted by atomic mass is 35.5. The Hall–Kier alpha value is -3.95. The number of amides is 2. The molecule has 0 spiro atoms. The van der Waals surface area contributed by atoms with Crippen LogP contribution in [0.2, 0.25) is 10.0 Å². The van der Waals surface area contributed by atoms with E-state index in [1.807, 2.05) is 0 Å². The number of ether oxygens (including phenoxy) is 4. The van der Waals surface area contributed by atoms with E-state index in [4.69, 9.17) is 42.1 Å². The van der Waals surface area contributed by atoms with Crippen molar-refractivity contribution in [2.24, 2.45) is 5.10 Å². The van der Waals surface area contributed by atoms with Crippen molar-refractivity contribution in [1.29, 1.82) is 0 Å². The molecule has 2 N–H and O–H groups in total. The van der Waals surface area contributed by atoms with Gasteiger partial charge < -0.3 is 24.3 Å². The number of nitrogens with zero attached hydrogens (tertiary/aromatic N) is 1. The third-order valence-corrected chi connectivity index (χ3v) is 5.81. The van der Waals surface area contributed by atoms with Gasteiger partial charge in [-0.05, 0) is 53.6 Å². The molecule has 11 heteroatoms. The van der Waals surface area contributed by atoms with Gasteiger partial charge in [0.15, 0.2) is 23.0 Å². The van der Waals surface area contributed by atoms with E-state index in [0.717, 1.165) is 5.56 Å². The van der Waals surface area contributed by atoms with Crippen molar-refractivity contribution < 1.29 is 28.5 Å². The number of halogens is 2. The number of nitrogens with one attached hydrogen (secondary N) is 2. The summed E-state index contributed by atoms with van der Waals surface area (Å²) in [5, 5.41) is 7.36. The van der Waals surface area contributed by atoms with E-state index < -0.39 is 11.8 Å². The Kier molecular flexibility index (Phi) is 8.14. The molecular weight excluding hydrogens is 509 g/mol. The molecule has 9 nitrogen and oxygen atoms in total. The van der Waals surface area contributed by atoms with Gasteiger partial charge in [0.2, 0.25) is 6.79 Å². The molecule has 0 unspecified atom stereocenters. The molecule has 3 aromatic carbocycles. The van der Waals surface area contributed by atoms with Gasteiger partial charge in [0.1, 0.15) is 6.61 Å². The van der Waals surface area contributed by atoms with Crippen LogP contribution < -0.4 is 29.7 Å². The highest BCUT2D eigenvalue weighted by Crippen LogP contribution is 2.33. The zero-order valence-electron chi connectivity index (χ0n) is 19.0. The number of hydrogen-bond donors (Lipinski definition) is 2. The SMILES string of the molecule is COc1cc(/C=N\NC(=O)C(=O)NCc2ccc3c(c2)OCO3)ccc1OCc1c(Cl)cccc1Cl. The van der Waals surface area contributed by atoms with Gasteiger partial charge in [0.25, 0.3) is 0 Å². The molecule has 1 heterocycles. The zero-order valence-corrected chi connectivity index (χ0v) is 20.6. The van der Waals surface area contributed by atoms with Gasteiger partial charge in [-0.1, -0.05) is 35.3 Å². The maximum atomic E-state index is 12.1. The molecule has 2 amide bonds. The normalized spacial score (nSPS) is 11.9. The van der Waals surface area contributed by atoms with E-state index in [1.54, 1.807) is 54.6 Å². The number of hydrazone groups is 1. The van der Waals surface area contributed by atoms with E-state index in [0.29, 0.717) is 44.2 Å². The topological polar surface area (TPSA) is 107 Å². The fourth-order valence-corrected chi connectivity index (χ4v) is 3.74. The lowest BCUT2D eigenvalue weighted by molar-refractivity contribution is -0.139. The molecule has 0 fully saturated rings. The molecule has 0 saturated heterocycles. The Morgan fingerprint density at radius 1 is 1.00 bits per heavy atom. The lowest BCUT2D eigenvalue weighted by atomic mass is 10.2. The first-order valence-corrected chi connectivity index (χ1v) is 11.4. The largest absolute Gasteiger partial charge is 0.493 e. The summed E-state index contributed by atoms with van der Waals surface area (Å²) in [7, 11) is 1.50. The molecule has 0 bridgehead atoms. The molecule has 186 valence electrons. The number of carbonyl (C=O) groups excluding carboxylic acids is 2. The summed E-state index contributed by atoms with van der Waals surface area (Å²) in [5.41, 5.74) is 4.22. The van der Waals surface area contributed by atoms with Crippen molar-refractivity contribution >= 4 is 41.2 Å². The van der Waals surface area contributed by atoms with E-state index in [2.05, 4.69) is 15.8 Å². The fraction of sp³-hybridized carbons (Fsp3) is 0.160. The number of carbonyl (C=O) groups is 2. The second-order valence-corrected chi connectivity index (χ2v) is 8.28. The first-order valence-electron chi connectivity index (χ1n) is 10.7. The predicted octanol–water partition coefficient (Wildman–Crippen LogP) is 4.08. The summed E-state index contributed by atoms with van der Waals surface area (Å²) in [6, 6.07) is 15.5. The minimum atomic E-state index is -0.907. The van der Waals surface area contributed by atoms with E-state index in [1.165, 1.54) is 13.3 Å². The van der Waals surface area contributed by atoms with Crippen LogP contribution in [-0.4, -0.2) is 31.9 Å². The highest BCUT2D eigenvalue weighted by molar-refractivity contribution is 6.36. The Bertz CT molecular complexity index is 1290. The van der Waals surface area contributed by atoms with Gasteiger partial charge in [-0.3, -0.25) is 9.59 Å². The summed E-state index contributed by atoms with van der Waals surface area (Å²) in [6.07, 6.45) is 1.38. The summed E-state index contributed by atoms with van der Waals surface area (Å²) in [5.74, 6) is 0.404. The number of methoxy groups -OCH3 is 1. The Morgan fingerprint density at radius 2 is 1.78 bits per heavy atom. The molecular formula is C25H21Cl2N3O6. The van der Waals surface area contributed by atoms with Crippen molar-refractivity contribution in [3.8, 4) is 23.0 Å². The van der Waals surface area contributed by atoms with Crippen LogP contribution in [0, 0.1) is 0 Å². The maximum absolute atomic E-state index is 12.1. The molecule has 0 radical (unpaired) electrons. The Balaban J connectivity index is 1.29. The first-order chi connectivity index (χ1) is 17.4. The third kappa shape index (κ3) is 6.18. The van der Waals surface area contributed by atoms with Gasteiger partial charge in [-0.15, -0.1) is 0 Å². The van der Waals surface area contributed by atoms with Gasteiger partial charge in [-0.2, -0.15) is 5.10 Å². The van der Waals surface area contributed by atoms with Crippen LogP contribution >= 0.6 is 23.2 Å². The third-order valence-electron chi connectivity index (χ3n) is 5.10. The van der Waals surface area contributed by atoms with Crippen LogP contribution in [0.4, 0.5) is 0 Å². The lowest BCUT2D eigenvalue weighted by Gasteiger charge is -2.13. The van der Waals surface area contributed by atoms with Gasteiger partial charge in [-0.25, -0.2) is 5.43 Å². The minimum absolute atomic E-state index is 0.144. The number of rotatable bonds is 8. The van der Waals surface area contributed by atoms with E-state index >= 15 is 0 Å². The van der Waals surface area contributed by atoms with Crippen molar-refractivity contribution in [2.75, 3.05) is 13.9 Å². The molecule has 4 rings (SSSR count). The van der Waals surface area contributed by atoms with Crippen LogP contribution in [0.1, 0.15) is 16.7 Å². The van der Waals surface area contributed by atoms with Crippen molar-refractivity contribution in [1.82, 2.24) is 10.7 Å². The highest BCUT2D eigenvalue weighted by Gasteiger charge is 2.16. The fourth-order valence-electron chi connectivity index (χ4n) is 3.23. The van der Waals surface area contributed by atoms with Crippen LogP contribution in [-0.2, 0) is 22.7 Å². The van der Waals surface area contributed by atoms with Crippen LogP contribution in [0.25, 0.3) is 0 Å². The monoisotopic (exact) mass is 529 g/mol. The quantitative estimate of drug-likeness (QED) is 0.258. The average molecular weight is 530 g/mol. The van der Waals surface area contributed by atoms with Gasteiger partial charge in [0.05, 0.1) is 13.3 Å². The molecule has 0 aromatic heterocycles. The van der Waals surface area contributed by atoms with Gasteiger partial charge in [0, 0.05) is 22.2 Å². The molecule has 0 saturated carbocycles. The first kappa shape index (κ1) is 25.2. The Morgan fingerprint density at radius 3 is 2.56 bits per heavy atom. The van der Waals surface area contributed by atoms with Crippen molar-refractivity contribution in [2.45, 2.75) is 13.2 Å². The standard InChI is InChI=1S/C25H21Cl2N3O6/c1-33-22-9-16(6-7-20(22)34-13-17-18(26)3-2-4-19(17)27)12-29-30-25(32)24(31)28-11-15-5-8-21-23(10-15)36-14-35-21/h2-10,12H,11,13-14H2,1H3,(H,28,31)(H,30,32)/b29-12-. The second kappa shape index (κ2) is 11.7. The van der Waals surface area contributed by atoms with Gasteiger partial charge >= 0.3 is 11.8 Å². The molecule has 36 heavy (non-hydrogen) atoms. The average Bonchev–Trinajstić information content (AvgIpc) is 3.35. The number of hydrogen-bond acceptors (Lipinski definition) is 7. The van der Waals surface area contributed by atoms with Crippen molar-refractivity contribution in [3.05, 3.63) is 81.3 Å². The summed E-state index contributed by atoms with van der Waals surface area (Å²) in [6.45, 7) is 0.453. The number of fused-ring (bicyclic) bond motifs is 1. The van der Waals surface area contributed by atoms with Crippen LogP contribution in [0.15, 0.2) is 59.7 Å². The molecule has 1 aliphatic rings. The van der Waals surface area contributed by atoms with Crippen LogP contribution in [0.5, 0.6) is 23.0 Å². The Labute approximate surface area is 216 Å². The molecule has 0 atom stereocenters. The summed E-state index contributed by atoms with van der Waals surface area (Å²) < 4.78 is 21.7. The maximum Gasteiger partial charge on any atom is 0.329 e. The summed E-state index contributed by atoms with van der Waals surface area (Å²) >= 11 is 12.4. The van der Waals surface area contributed by atoms with Crippen LogP contribution in [0.3, 0.4) is 0 Å². The smallest absolute Gasteiger partial charge is 0.329 e. The number of benzene rings is 3. The minimum Gasteiger partial charge on any atom is -0.493 e.